The number of benzene rings is 1. The van der Waals surface area contributed by atoms with E-state index in [-0.39, 0.29) is 29.7 Å². The molecule has 1 saturated heterocycles. The zero-order chi connectivity index (χ0) is 29.1. The van der Waals surface area contributed by atoms with Crippen LogP contribution in [-0.2, 0) is 40.4 Å². The number of aliphatic carboxylic acids is 1. The third-order valence-electron chi connectivity index (χ3n) is 8.61. The number of carbonyl (C=O) groups is 3. The van der Waals surface area contributed by atoms with Gasteiger partial charge in [0.1, 0.15) is 11.9 Å². The second-order valence-corrected chi connectivity index (χ2v) is 10.9. The lowest BCUT2D eigenvalue weighted by Gasteiger charge is -2.61. The van der Waals surface area contributed by atoms with Gasteiger partial charge in [-0.25, -0.2) is 9.59 Å². The normalized spacial score (nSPS) is 31.1. The van der Waals surface area contributed by atoms with Gasteiger partial charge in [0.2, 0.25) is 0 Å². The van der Waals surface area contributed by atoms with Crippen molar-refractivity contribution >= 4 is 17.9 Å². The van der Waals surface area contributed by atoms with Crippen LogP contribution >= 0.6 is 0 Å². The maximum Gasteiger partial charge on any atom is 0.344 e. The SMILES string of the molecule is C[C@H](OC(=O)[C@H](C)OC(O)[C@@H](O)CC(=O)OC1=CC[C@@]2(O)[C@H]3Cc4ccc(O)c5c4C2(CCN3C)[C@H]1O5)C(=O)O. The number of rotatable bonds is 9. The minimum Gasteiger partial charge on any atom is -0.504 e. The number of carboxylic acid groups (broad SMARTS) is 1. The lowest BCUT2D eigenvalue weighted by molar-refractivity contribution is -0.206. The highest BCUT2D eigenvalue weighted by molar-refractivity contribution is 5.80. The van der Waals surface area contributed by atoms with Gasteiger partial charge in [0.05, 0.1) is 17.4 Å². The van der Waals surface area contributed by atoms with Crippen LogP contribution in [-0.4, -0.2) is 104 Å². The summed E-state index contributed by atoms with van der Waals surface area (Å²) in [6.45, 7) is 2.98. The summed E-state index contributed by atoms with van der Waals surface area (Å²) in [7, 11) is 1.95. The number of carboxylic acids is 1. The van der Waals surface area contributed by atoms with Crippen molar-refractivity contribution in [3.8, 4) is 11.5 Å². The molecule has 8 atom stereocenters. The fourth-order valence-electron chi connectivity index (χ4n) is 6.56. The lowest BCUT2D eigenvalue weighted by atomic mass is 9.50. The summed E-state index contributed by atoms with van der Waals surface area (Å²) >= 11 is 0. The molecule has 2 aliphatic heterocycles. The van der Waals surface area contributed by atoms with Crippen LogP contribution in [0.25, 0.3) is 0 Å². The van der Waals surface area contributed by atoms with Gasteiger partial charge in [-0.05, 0) is 58.0 Å². The molecular formula is C27H33NO12. The number of phenols is 1. The summed E-state index contributed by atoms with van der Waals surface area (Å²) in [6, 6.07) is 3.16. The van der Waals surface area contributed by atoms with Crippen LogP contribution in [0, 0.1) is 0 Å². The molecule has 1 aromatic carbocycles. The molecule has 2 heterocycles. The number of piperidine rings is 1. The van der Waals surface area contributed by atoms with Gasteiger partial charge in [-0.3, -0.25) is 4.79 Å². The largest absolute Gasteiger partial charge is 0.504 e. The predicted octanol–water partition coefficient (Wildman–Crippen LogP) is -0.296. The number of hydrogen-bond donors (Lipinski definition) is 5. The maximum atomic E-state index is 12.8. The molecule has 1 aromatic rings. The van der Waals surface area contributed by atoms with Crippen molar-refractivity contribution in [1.29, 1.82) is 0 Å². The quantitative estimate of drug-likeness (QED) is 0.195. The number of likely N-dealkylation sites (N-methyl/N-ethyl adjacent to an activating group) is 1. The Kier molecular flexibility index (Phi) is 7.07. The predicted molar refractivity (Wildman–Crippen MR) is 133 cm³/mol. The molecule has 5 rings (SSSR count). The number of carbonyl (C=O) groups excluding carboxylic acids is 2. The van der Waals surface area contributed by atoms with Gasteiger partial charge in [0.15, 0.2) is 36.1 Å². The Balaban J connectivity index is 1.29. The second-order valence-electron chi connectivity index (χ2n) is 10.9. The highest BCUT2D eigenvalue weighted by Gasteiger charge is 2.72. The average molecular weight is 564 g/mol. The minimum atomic E-state index is -1.99. The standard InChI is InChI=1S/C27H33NO12/c1-12(23(32)33)37-24(34)13(2)38-25(35)16(30)11-19(31)39-17-6-7-27(36)18-10-14-4-5-15(29)21-20(14)26(27,22(17)40-21)8-9-28(18)3/h4-6,12-13,16,18,22,25,29-30,35-36H,7-11H2,1-3H3,(H,32,33)/t12-,13-,16-,18+,22-,25?,26?,27+/m0/s1. The number of ether oxygens (including phenoxy) is 4. The van der Waals surface area contributed by atoms with E-state index >= 15 is 0 Å². The number of aromatic hydroxyl groups is 1. The first-order valence-electron chi connectivity index (χ1n) is 13.1. The van der Waals surface area contributed by atoms with Crippen LogP contribution < -0.4 is 4.74 Å². The van der Waals surface area contributed by atoms with Gasteiger partial charge < -0.3 is 49.4 Å². The van der Waals surface area contributed by atoms with Crippen LogP contribution in [0.2, 0.25) is 0 Å². The van der Waals surface area contributed by atoms with Crippen molar-refractivity contribution in [3.05, 3.63) is 35.1 Å². The first-order valence-corrected chi connectivity index (χ1v) is 13.1. The van der Waals surface area contributed by atoms with Crippen molar-refractivity contribution in [3.63, 3.8) is 0 Å². The third kappa shape index (κ3) is 4.23. The maximum absolute atomic E-state index is 12.8. The number of likely N-dealkylation sites (tertiary alicyclic amines) is 1. The summed E-state index contributed by atoms with van der Waals surface area (Å²) in [6.07, 6.45) is -5.46. The van der Waals surface area contributed by atoms with E-state index in [1.807, 2.05) is 13.1 Å². The van der Waals surface area contributed by atoms with E-state index in [0.717, 1.165) is 18.1 Å². The van der Waals surface area contributed by atoms with Gasteiger partial charge in [0, 0.05) is 18.0 Å². The van der Waals surface area contributed by atoms with E-state index in [0.29, 0.717) is 19.4 Å². The van der Waals surface area contributed by atoms with Crippen molar-refractivity contribution < 1.29 is 58.9 Å². The molecule has 2 aliphatic carbocycles. The zero-order valence-electron chi connectivity index (χ0n) is 22.3. The molecule has 0 saturated carbocycles. The van der Waals surface area contributed by atoms with Crippen molar-refractivity contribution in [1.82, 2.24) is 4.90 Å². The van der Waals surface area contributed by atoms with Crippen molar-refractivity contribution in [2.45, 2.75) is 87.3 Å². The highest BCUT2D eigenvalue weighted by atomic mass is 16.6. The Morgan fingerprint density at radius 1 is 1.20 bits per heavy atom. The van der Waals surface area contributed by atoms with E-state index in [1.54, 1.807) is 12.1 Å². The molecule has 40 heavy (non-hydrogen) atoms. The number of nitrogens with zero attached hydrogens (tertiary/aromatic N) is 1. The molecular weight excluding hydrogens is 530 g/mol. The Morgan fingerprint density at radius 2 is 1.93 bits per heavy atom. The Bertz CT molecular complexity index is 1260. The highest BCUT2D eigenvalue weighted by Crippen LogP contribution is 2.65. The first kappa shape index (κ1) is 28.3. The lowest BCUT2D eigenvalue weighted by Crippen LogP contribution is -2.74. The van der Waals surface area contributed by atoms with Crippen LogP contribution in [0.5, 0.6) is 11.5 Å². The first-order chi connectivity index (χ1) is 18.8. The van der Waals surface area contributed by atoms with Gasteiger partial charge in [-0.1, -0.05) is 6.07 Å². The van der Waals surface area contributed by atoms with E-state index in [4.69, 9.17) is 19.3 Å². The summed E-state index contributed by atoms with van der Waals surface area (Å²) in [4.78, 5) is 37.8. The van der Waals surface area contributed by atoms with E-state index in [2.05, 4.69) is 9.64 Å². The number of phenolic OH excluding ortho intramolecular Hbond substituents is 1. The fraction of sp³-hybridized carbons (Fsp3) is 0.593. The van der Waals surface area contributed by atoms with Gasteiger partial charge >= 0.3 is 17.9 Å². The molecule has 0 amide bonds. The van der Waals surface area contributed by atoms with E-state index in [1.165, 1.54) is 6.92 Å². The Hall–Kier alpha value is -3.23. The van der Waals surface area contributed by atoms with Crippen LogP contribution in [0.15, 0.2) is 24.0 Å². The number of aliphatic hydroxyl groups excluding tert-OH is 2. The fourth-order valence-corrected chi connectivity index (χ4v) is 6.56. The molecule has 2 unspecified atom stereocenters. The number of aliphatic hydroxyl groups is 3. The second kappa shape index (κ2) is 10.00. The molecule has 0 aromatic heterocycles. The Morgan fingerprint density at radius 3 is 2.62 bits per heavy atom. The molecule has 218 valence electrons. The summed E-state index contributed by atoms with van der Waals surface area (Å²) < 4.78 is 21.5. The minimum absolute atomic E-state index is 0.0750. The molecule has 1 spiro atoms. The monoisotopic (exact) mass is 563 g/mol. The third-order valence-corrected chi connectivity index (χ3v) is 8.61. The van der Waals surface area contributed by atoms with Crippen molar-refractivity contribution in [2.24, 2.45) is 0 Å². The topological polar surface area (TPSA) is 193 Å². The smallest absolute Gasteiger partial charge is 0.344 e. The van der Waals surface area contributed by atoms with Gasteiger partial charge in [-0.15, -0.1) is 0 Å². The molecule has 4 aliphatic rings. The molecule has 0 radical (unpaired) electrons. The van der Waals surface area contributed by atoms with E-state index in [9.17, 15) is 34.8 Å². The van der Waals surface area contributed by atoms with E-state index < -0.39 is 66.1 Å². The number of hydrogen-bond acceptors (Lipinski definition) is 12. The average Bonchev–Trinajstić information content (AvgIpc) is 3.25. The molecule has 13 nitrogen and oxygen atoms in total. The molecule has 2 bridgehead atoms. The summed E-state index contributed by atoms with van der Waals surface area (Å²) in [5.41, 5.74) is -0.516. The van der Waals surface area contributed by atoms with Crippen molar-refractivity contribution in [2.75, 3.05) is 13.6 Å². The number of esters is 2. The molecule has 1 fully saturated rings. The molecule has 5 N–H and O–H groups in total. The summed E-state index contributed by atoms with van der Waals surface area (Å²) in [5, 5.41) is 52.1. The van der Waals surface area contributed by atoms with Crippen LogP contribution in [0.4, 0.5) is 0 Å². The summed E-state index contributed by atoms with van der Waals surface area (Å²) in [5.74, 6) is -3.06. The zero-order valence-corrected chi connectivity index (χ0v) is 22.3. The molecule has 13 heteroatoms. The Labute approximate surface area is 229 Å². The van der Waals surface area contributed by atoms with Gasteiger partial charge in [-0.2, -0.15) is 0 Å². The van der Waals surface area contributed by atoms with Crippen LogP contribution in [0.3, 0.4) is 0 Å². The van der Waals surface area contributed by atoms with Gasteiger partial charge in [0.25, 0.3) is 0 Å². The van der Waals surface area contributed by atoms with Crippen LogP contribution in [0.1, 0.15) is 44.2 Å².